The first kappa shape index (κ1) is 32.7. The van der Waals surface area contributed by atoms with Crippen molar-refractivity contribution >= 4 is 0 Å². The summed E-state index contributed by atoms with van der Waals surface area (Å²) in [5.41, 5.74) is 0. The number of rotatable bonds is 4. The second-order valence-electron chi connectivity index (χ2n) is 8.80. The fourth-order valence-electron chi connectivity index (χ4n) is 3.93. The maximum Gasteiger partial charge on any atom is 0.0701 e. The van der Waals surface area contributed by atoms with Gasteiger partial charge in [-0.2, -0.15) is 0 Å². The van der Waals surface area contributed by atoms with Crippen molar-refractivity contribution in [2.75, 3.05) is 145 Å². The Kier molecular flexibility index (Phi) is 22.4. The van der Waals surface area contributed by atoms with Crippen molar-refractivity contribution in [2.45, 2.75) is 27.7 Å². The van der Waals surface area contributed by atoms with Gasteiger partial charge in [-0.05, 0) is 26.2 Å². The molecule has 210 valence electrons. The Morgan fingerprint density at radius 3 is 0.743 bits per heavy atom. The van der Waals surface area contributed by atoms with E-state index >= 15 is 0 Å². The summed E-state index contributed by atoms with van der Waals surface area (Å²) < 4.78 is 28.3. The van der Waals surface area contributed by atoms with Crippen molar-refractivity contribution in [3.8, 4) is 0 Å². The number of nitrogens with zero attached hydrogens (tertiary/aromatic N) is 4. The quantitative estimate of drug-likeness (QED) is 0.565. The molecule has 0 aliphatic carbocycles. The molecule has 0 N–H and O–H groups in total. The minimum Gasteiger partial charge on any atom is -0.378 e. The van der Waals surface area contributed by atoms with Gasteiger partial charge in [-0.25, -0.2) is 0 Å². The molecule has 1 heterocycles. The Balaban J connectivity index is 2.47. The SMILES string of the molecule is CCN1CCOCCOCCOCCOCCOCCN(CC)CCN(CC)CCN(CC)CC1. The highest BCUT2D eigenvalue weighted by Gasteiger charge is 2.11. The molecule has 9 heteroatoms. The molecule has 0 radical (unpaired) electrons. The topological polar surface area (TPSA) is 59.1 Å². The Labute approximate surface area is 215 Å². The summed E-state index contributed by atoms with van der Waals surface area (Å²) in [5, 5.41) is 0. The van der Waals surface area contributed by atoms with Crippen LogP contribution >= 0.6 is 0 Å². The lowest BCUT2D eigenvalue weighted by atomic mass is 10.3. The number of ether oxygens (including phenoxy) is 5. The van der Waals surface area contributed by atoms with Crippen LogP contribution in [0.5, 0.6) is 0 Å². The van der Waals surface area contributed by atoms with Gasteiger partial charge in [0.05, 0.1) is 66.1 Å². The van der Waals surface area contributed by atoms with E-state index in [0.29, 0.717) is 52.9 Å². The maximum absolute atomic E-state index is 5.77. The fraction of sp³-hybridized carbons (Fsp3) is 1.00. The van der Waals surface area contributed by atoms with Crippen LogP contribution in [0.4, 0.5) is 0 Å². The molecule has 0 aromatic heterocycles. The van der Waals surface area contributed by atoms with E-state index in [1.807, 2.05) is 0 Å². The van der Waals surface area contributed by atoms with E-state index in [0.717, 1.165) is 91.8 Å². The molecule has 0 saturated carbocycles. The van der Waals surface area contributed by atoms with Gasteiger partial charge in [-0.15, -0.1) is 0 Å². The van der Waals surface area contributed by atoms with Gasteiger partial charge >= 0.3 is 0 Å². The molecule has 0 bridgehead atoms. The molecule has 1 aliphatic rings. The van der Waals surface area contributed by atoms with Gasteiger partial charge in [0.1, 0.15) is 0 Å². The van der Waals surface area contributed by atoms with Crippen molar-refractivity contribution in [1.29, 1.82) is 0 Å². The zero-order chi connectivity index (χ0) is 25.4. The summed E-state index contributed by atoms with van der Waals surface area (Å²) in [6.45, 7) is 28.1. The zero-order valence-corrected chi connectivity index (χ0v) is 23.4. The first-order valence-corrected chi connectivity index (χ1v) is 14.0. The Hall–Kier alpha value is -0.360. The summed E-state index contributed by atoms with van der Waals surface area (Å²) in [6, 6.07) is 0. The van der Waals surface area contributed by atoms with Crippen molar-refractivity contribution in [3.05, 3.63) is 0 Å². The van der Waals surface area contributed by atoms with Crippen LogP contribution in [0.2, 0.25) is 0 Å². The smallest absolute Gasteiger partial charge is 0.0701 e. The molecular formula is C26H56N4O5. The van der Waals surface area contributed by atoms with Crippen molar-refractivity contribution < 1.29 is 23.7 Å². The van der Waals surface area contributed by atoms with Gasteiger partial charge in [-0.1, -0.05) is 27.7 Å². The molecule has 1 rings (SSSR count). The van der Waals surface area contributed by atoms with Gasteiger partial charge in [0.2, 0.25) is 0 Å². The predicted molar refractivity (Wildman–Crippen MR) is 143 cm³/mol. The van der Waals surface area contributed by atoms with Crippen LogP contribution < -0.4 is 0 Å². The normalized spacial score (nSPS) is 23.7. The highest BCUT2D eigenvalue weighted by molar-refractivity contribution is 4.67. The zero-order valence-electron chi connectivity index (χ0n) is 23.4. The number of likely N-dealkylation sites (N-methyl/N-ethyl adjacent to an activating group) is 4. The molecular weight excluding hydrogens is 448 g/mol. The summed E-state index contributed by atoms with van der Waals surface area (Å²) >= 11 is 0. The molecule has 0 unspecified atom stereocenters. The van der Waals surface area contributed by atoms with Crippen LogP contribution in [-0.4, -0.2) is 164 Å². The minimum atomic E-state index is 0.583. The van der Waals surface area contributed by atoms with E-state index in [9.17, 15) is 0 Å². The van der Waals surface area contributed by atoms with E-state index < -0.39 is 0 Å². The summed E-state index contributed by atoms with van der Waals surface area (Å²) in [5.74, 6) is 0. The number of hydrogen-bond acceptors (Lipinski definition) is 9. The van der Waals surface area contributed by atoms with Crippen molar-refractivity contribution in [1.82, 2.24) is 19.6 Å². The minimum absolute atomic E-state index is 0.583. The summed E-state index contributed by atoms with van der Waals surface area (Å²) in [4.78, 5) is 10.1. The van der Waals surface area contributed by atoms with Gasteiger partial charge in [0.25, 0.3) is 0 Å². The van der Waals surface area contributed by atoms with Crippen LogP contribution in [0.25, 0.3) is 0 Å². The maximum atomic E-state index is 5.77. The average molecular weight is 505 g/mol. The van der Waals surface area contributed by atoms with Crippen molar-refractivity contribution in [3.63, 3.8) is 0 Å². The molecule has 35 heavy (non-hydrogen) atoms. The van der Waals surface area contributed by atoms with Gasteiger partial charge in [0.15, 0.2) is 0 Å². The summed E-state index contributed by atoms with van der Waals surface area (Å²) in [6.07, 6.45) is 0. The van der Waals surface area contributed by atoms with Gasteiger partial charge < -0.3 is 43.3 Å². The number of hydrogen-bond donors (Lipinski definition) is 0. The third-order valence-electron chi connectivity index (χ3n) is 6.58. The largest absolute Gasteiger partial charge is 0.378 e. The van der Waals surface area contributed by atoms with Gasteiger partial charge in [0, 0.05) is 52.4 Å². The van der Waals surface area contributed by atoms with Crippen LogP contribution in [-0.2, 0) is 23.7 Å². The van der Waals surface area contributed by atoms with Crippen LogP contribution in [0.1, 0.15) is 27.7 Å². The predicted octanol–water partition coefficient (Wildman–Crippen LogP) is 1.37. The van der Waals surface area contributed by atoms with Crippen LogP contribution in [0.3, 0.4) is 0 Å². The Bertz CT molecular complexity index is 412. The third kappa shape index (κ3) is 18.5. The second kappa shape index (κ2) is 24.0. The fourth-order valence-corrected chi connectivity index (χ4v) is 3.93. The van der Waals surface area contributed by atoms with Crippen molar-refractivity contribution in [2.24, 2.45) is 0 Å². The standard InChI is InChI=1S/C26H56N4O5/c1-5-27-9-10-28(6-2)12-14-30(8-4)16-18-32-20-22-34-24-26-35-25-23-33-21-19-31-17-15-29(7-3)13-11-27/h5-26H2,1-4H3. The molecule has 0 aromatic carbocycles. The molecule has 1 fully saturated rings. The van der Waals surface area contributed by atoms with Crippen LogP contribution in [0.15, 0.2) is 0 Å². The lowest BCUT2D eigenvalue weighted by Crippen LogP contribution is -2.42. The molecule has 0 atom stereocenters. The average Bonchev–Trinajstić information content (AvgIpc) is 2.88. The molecule has 0 aromatic rings. The lowest BCUT2D eigenvalue weighted by molar-refractivity contribution is -0.0133. The monoisotopic (exact) mass is 504 g/mol. The van der Waals surface area contributed by atoms with E-state index in [1.165, 1.54) is 0 Å². The van der Waals surface area contributed by atoms with E-state index in [-0.39, 0.29) is 0 Å². The molecule has 9 nitrogen and oxygen atoms in total. The summed E-state index contributed by atoms with van der Waals surface area (Å²) in [7, 11) is 0. The van der Waals surface area contributed by atoms with E-state index in [4.69, 9.17) is 23.7 Å². The Morgan fingerprint density at radius 2 is 0.514 bits per heavy atom. The van der Waals surface area contributed by atoms with Crippen LogP contribution in [0, 0.1) is 0 Å². The highest BCUT2D eigenvalue weighted by Crippen LogP contribution is 1.98. The highest BCUT2D eigenvalue weighted by atomic mass is 16.6. The third-order valence-corrected chi connectivity index (χ3v) is 6.58. The molecule has 1 saturated heterocycles. The molecule has 0 spiro atoms. The molecule has 1 aliphatic heterocycles. The first-order valence-electron chi connectivity index (χ1n) is 14.0. The molecule has 0 amide bonds. The van der Waals surface area contributed by atoms with E-state index in [1.54, 1.807) is 0 Å². The van der Waals surface area contributed by atoms with E-state index in [2.05, 4.69) is 47.3 Å². The van der Waals surface area contributed by atoms with Gasteiger partial charge in [-0.3, -0.25) is 0 Å². The second-order valence-corrected chi connectivity index (χ2v) is 8.80. The Morgan fingerprint density at radius 1 is 0.314 bits per heavy atom. The lowest BCUT2D eigenvalue weighted by Gasteiger charge is -2.30. The first-order chi connectivity index (χ1) is 17.2.